The van der Waals surface area contributed by atoms with Crippen LogP contribution in [0, 0.1) is 0 Å². The highest BCUT2D eigenvalue weighted by atomic mass is 16.3. The molecule has 0 unspecified atom stereocenters. The van der Waals surface area contributed by atoms with E-state index in [1.807, 2.05) is 18.2 Å². The lowest BCUT2D eigenvalue weighted by atomic mass is 10.1. The minimum absolute atomic E-state index is 0.135. The zero-order valence-electron chi connectivity index (χ0n) is 7.27. The molecule has 0 aliphatic heterocycles. The summed E-state index contributed by atoms with van der Waals surface area (Å²) < 4.78 is 5.18. The van der Waals surface area contributed by atoms with Crippen molar-refractivity contribution in [3.8, 4) is 5.75 Å². The number of rotatable bonds is 0. The van der Waals surface area contributed by atoms with E-state index >= 15 is 0 Å². The Kier molecular flexibility index (Phi) is 1.31. The highest BCUT2D eigenvalue weighted by molar-refractivity contribution is 6.06. The maximum atomic E-state index is 9.62. The van der Waals surface area contributed by atoms with Crippen molar-refractivity contribution in [3.63, 3.8) is 0 Å². The molecule has 68 valence electrons. The monoisotopic (exact) mass is 185 g/mol. The van der Waals surface area contributed by atoms with Crippen molar-refractivity contribution in [1.29, 1.82) is 0 Å². The number of phenols is 1. The lowest BCUT2D eigenvalue weighted by Crippen LogP contribution is -1.78. The zero-order chi connectivity index (χ0) is 9.54. The van der Waals surface area contributed by atoms with E-state index in [-0.39, 0.29) is 5.75 Å². The Morgan fingerprint density at radius 3 is 3.07 bits per heavy atom. The molecular weight excluding hydrogens is 178 g/mol. The van der Waals surface area contributed by atoms with Crippen molar-refractivity contribution >= 4 is 21.9 Å². The van der Waals surface area contributed by atoms with Crippen LogP contribution >= 0.6 is 0 Å². The molecule has 2 heterocycles. The summed E-state index contributed by atoms with van der Waals surface area (Å²) in [6.07, 6.45) is 3.27. The second-order valence-electron chi connectivity index (χ2n) is 3.13. The highest BCUT2D eigenvalue weighted by Gasteiger charge is 2.07. The van der Waals surface area contributed by atoms with Crippen LogP contribution in [-0.2, 0) is 0 Å². The number of phenolic OH excluding ortho intramolecular Hbond substituents is 1. The van der Waals surface area contributed by atoms with Crippen LogP contribution in [0.1, 0.15) is 0 Å². The minimum Gasteiger partial charge on any atom is -0.504 e. The Bertz CT molecular complexity index is 613. The van der Waals surface area contributed by atoms with Crippen molar-refractivity contribution in [2.75, 3.05) is 0 Å². The molecule has 0 saturated carbocycles. The maximum absolute atomic E-state index is 9.62. The van der Waals surface area contributed by atoms with Crippen LogP contribution < -0.4 is 0 Å². The summed E-state index contributed by atoms with van der Waals surface area (Å²) in [5.74, 6) is 0.135. The van der Waals surface area contributed by atoms with Gasteiger partial charge < -0.3 is 9.52 Å². The third kappa shape index (κ3) is 0.836. The summed E-state index contributed by atoms with van der Waals surface area (Å²) >= 11 is 0. The molecule has 0 amide bonds. The Balaban J connectivity index is 2.66. The second kappa shape index (κ2) is 2.48. The molecular formula is C11H7NO2. The van der Waals surface area contributed by atoms with E-state index in [1.54, 1.807) is 18.5 Å². The number of pyridine rings is 1. The van der Waals surface area contributed by atoms with Crippen LogP contribution in [0.5, 0.6) is 5.75 Å². The van der Waals surface area contributed by atoms with Crippen LogP contribution in [-0.4, -0.2) is 10.1 Å². The number of aromatic nitrogens is 1. The van der Waals surface area contributed by atoms with Crippen LogP contribution in [0.4, 0.5) is 0 Å². The fourth-order valence-electron chi connectivity index (χ4n) is 1.68. The lowest BCUT2D eigenvalue weighted by Gasteiger charge is -1.99. The van der Waals surface area contributed by atoms with Crippen molar-refractivity contribution in [2.24, 2.45) is 0 Å². The lowest BCUT2D eigenvalue weighted by molar-refractivity contribution is 0.465. The van der Waals surface area contributed by atoms with Gasteiger partial charge in [0.1, 0.15) is 0 Å². The molecule has 1 aromatic carbocycles. The van der Waals surface area contributed by atoms with E-state index in [0.717, 1.165) is 16.3 Å². The average molecular weight is 185 g/mol. The highest BCUT2D eigenvalue weighted by Crippen LogP contribution is 2.32. The molecule has 3 rings (SSSR count). The molecule has 0 radical (unpaired) electrons. The Morgan fingerprint density at radius 1 is 1.21 bits per heavy atom. The topological polar surface area (TPSA) is 46.3 Å². The van der Waals surface area contributed by atoms with Gasteiger partial charge in [0.25, 0.3) is 0 Å². The predicted octanol–water partition coefficient (Wildman–Crippen LogP) is 2.69. The predicted molar refractivity (Wildman–Crippen MR) is 53.2 cm³/mol. The van der Waals surface area contributed by atoms with Gasteiger partial charge in [-0.1, -0.05) is 6.07 Å². The first-order chi connectivity index (χ1) is 6.86. The molecule has 3 nitrogen and oxygen atoms in total. The summed E-state index contributed by atoms with van der Waals surface area (Å²) in [5.41, 5.74) is 1.30. The molecule has 0 saturated heterocycles. The third-order valence-electron chi connectivity index (χ3n) is 2.30. The molecule has 0 spiro atoms. The van der Waals surface area contributed by atoms with Gasteiger partial charge in [0.2, 0.25) is 0 Å². The maximum Gasteiger partial charge on any atom is 0.176 e. The summed E-state index contributed by atoms with van der Waals surface area (Å²) in [4.78, 5) is 4.17. The molecule has 1 N–H and O–H groups in total. The normalized spacial score (nSPS) is 11.1. The number of fused-ring (bicyclic) bond motifs is 3. The van der Waals surface area contributed by atoms with E-state index in [2.05, 4.69) is 4.98 Å². The first kappa shape index (κ1) is 7.38. The van der Waals surface area contributed by atoms with Gasteiger partial charge in [-0.15, -0.1) is 0 Å². The number of furan rings is 1. The van der Waals surface area contributed by atoms with Gasteiger partial charge in [-0.25, -0.2) is 0 Å². The standard InChI is InChI=1S/C11H7NO2/c13-10-6-9-7(2-1-4-12-9)8-3-5-14-11(8)10/h1-6,13H. The first-order valence-electron chi connectivity index (χ1n) is 4.30. The van der Waals surface area contributed by atoms with Crippen LogP contribution in [0.15, 0.2) is 41.1 Å². The summed E-state index contributed by atoms with van der Waals surface area (Å²) in [7, 11) is 0. The number of benzene rings is 1. The molecule has 3 heteroatoms. The van der Waals surface area contributed by atoms with Gasteiger partial charge in [-0.3, -0.25) is 4.98 Å². The fraction of sp³-hybridized carbons (Fsp3) is 0. The summed E-state index contributed by atoms with van der Waals surface area (Å²) in [5, 5.41) is 11.5. The van der Waals surface area contributed by atoms with Crippen molar-refractivity contribution in [1.82, 2.24) is 4.98 Å². The summed E-state index contributed by atoms with van der Waals surface area (Å²) in [6, 6.07) is 7.27. The molecule has 0 atom stereocenters. The first-order valence-corrected chi connectivity index (χ1v) is 4.30. The molecule has 2 aromatic heterocycles. The van der Waals surface area contributed by atoms with Gasteiger partial charge in [0.05, 0.1) is 11.8 Å². The average Bonchev–Trinajstić information content (AvgIpc) is 2.67. The fourth-order valence-corrected chi connectivity index (χ4v) is 1.68. The van der Waals surface area contributed by atoms with E-state index in [0.29, 0.717) is 5.58 Å². The van der Waals surface area contributed by atoms with Crippen molar-refractivity contribution in [3.05, 3.63) is 36.7 Å². The largest absolute Gasteiger partial charge is 0.504 e. The third-order valence-corrected chi connectivity index (χ3v) is 2.30. The Morgan fingerprint density at radius 2 is 2.14 bits per heavy atom. The molecule has 0 aliphatic rings. The molecule has 14 heavy (non-hydrogen) atoms. The van der Waals surface area contributed by atoms with Gasteiger partial charge in [-0.2, -0.15) is 0 Å². The van der Waals surface area contributed by atoms with E-state index in [9.17, 15) is 5.11 Å². The molecule has 3 aromatic rings. The van der Waals surface area contributed by atoms with Crippen molar-refractivity contribution < 1.29 is 9.52 Å². The van der Waals surface area contributed by atoms with Gasteiger partial charge in [0, 0.05) is 23.0 Å². The van der Waals surface area contributed by atoms with Crippen LogP contribution in [0.2, 0.25) is 0 Å². The minimum atomic E-state index is 0.135. The van der Waals surface area contributed by atoms with Gasteiger partial charge in [0.15, 0.2) is 11.3 Å². The van der Waals surface area contributed by atoms with Crippen LogP contribution in [0.3, 0.4) is 0 Å². The number of aromatic hydroxyl groups is 1. The molecule has 0 aliphatic carbocycles. The van der Waals surface area contributed by atoms with Gasteiger partial charge >= 0.3 is 0 Å². The molecule has 0 fully saturated rings. The van der Waals surface area contributed by atoms with Crippen LogP contribution in [0.25, 0.3) is 21.9 Å². The van der Waals surface area contributed by atoms with Gasteiger partial charge in [-0.05, 0) is 12.1 Å². The number of nitrogens with zero attached hydrogens (tertiary/aromatic N) is 1. The van der Waals surface area contributed by atoms with Crippen molar-refractivity contribution in [2.45, 2.75) is 0 Å². The number of hydrogen-bond donors (Lipinski definition) is 1. The van der Waals surface area contributed by atoms with E-state index in [4.69, 9.17) is 4.42 Å². The SMILES string of the molecule is Oc1cc2ncccc2c2ccoc12. The molecule has 0 bridgehead atoms. The smallest absolute Gasteiger partial charge is 0.176 e. The zero-order valence-corrected chi connectivity index (χ0v) is 7.27. The van der Waals surface area contributed by atoms with E-state index in [1.165, 1.54) is 0 Å². The quantitative estimate of drug-likeness (QED) is 0.585. The second-order valence-corrected chi connectivity index (χ2v) is 3.13. The Hall–Kier alpha value is -2.03. The number of hydrogen-bond acceptors (Lipinski definition) is 3. The van der Waals surface area contributed by atoms with E-state index < -0.39 is 0 Å². The Labute approximate surface area is 79.6 Å². The summed E-state index contributed by atoms with van der Waals surface area (Å²) in [6.45, 7) is 0.